The standard InChI is InChI=1S/C12H20N4O3S/c1-8(2)7-9-14-15-11(20-9)13-12(19)16(3)6-4-5-10(17)18/h8H,4-7H2,1-3H3,(H,17,18)(H,13,15,19). The van der Waals surface area contributed by atoms with Crippen LogP contribution in [0.4, 0.5) is 9.93 Å². The Balaban J connectivity index is 2.40. The van der Waals surface area contributed by atoms with Crippen LogP contribution in [-0.4, -0.2) is 45.8 Å². The van der Waals surface area contributed by atoms with Gasteiger partial charge in [0.2, 0.25) is 5.13 Å². The van der Waals surface area contributed by atoms with Crippen LogP contribution in [-0.2, 0) is 11.2 Å². The zero-order valence-electron chi connectivity index (χ0n) is 11.9. The third kappa shape index (κ3) is 5.96. The van der Waals surface area contributed by atoms with Crippen molar-refractivity contribution in [3.8, 4) is 0 Å². The number of amides is 2. The number of carboxylic acids is 1. The molecule has 7 nitrogen and oxygen atoms in total. The van der Waals surface area contributed by atoms with Gasteiger partial charge in [-0.05, 0) is 12.3 Å². The molecule has 1 aromatic rings. The van der Waals surface area contributed by atoms with E-state index in [1.165, 1.54) is 16.2 Å². The zero-order valence-corrected chi connectivity index (χ0v) is 12.7. The van der Waals surface area contributed by atoms with Gasteiger partial charge in [-0.15, -0.1) is 10.2 Å². The number of aliphatic carboxylic acids is 1. The quantitative estimate of drug-likeness (QED) is 0.803. The highest BCUT2D eigenvalue weighted by atomic mass is 32.1. The Morgan fingerprint density at radius 3 is 2.70 bits per heavy atom. The Bertz CT molecular complexity index is 461. The summed E-state index contributed by atoms with van der Waals surface area (Å²) in [6, 6.07) is -0.303. The highest BCUT2D eigenvalue weighted by Gasteiger charge is 2.12. The van der Waals surface area contributed by atoms with Crippen LogP contribution < -0.4 is 5.32 Å². The predicted octanol–water partition coefficient (Wildman–Crippen LogP) is 2.07. The van der Waals surface area contributed by atoms with Crippen LogP contribution in [0.15, 0.2) is 0 Å². The van der Waals surface area contributed by atoms with Crippen molar-refractivity contribution < 1.29 is 14.7 Å². The summed E-state index contributed by atoms with van der Waals surface area (Å²) in [4.78, 5) is 23.7. The summed E-state index contributed by atoms with van der Waals surface area (Å²) in [5, 5.41) is 20.5. The van der Waals surface area contributed by atoms with E-state index < -0.39 is 5.97 Å². The maximum absolute atomic E-state index is 11.8. The normalized spacial score (nSPS) is 10.6. The summed E-state index contributed by atoms with van der Waals surface area (Å²) in [5.41, 5.74) is 0. The van der Waals surface area contributed by atoms with Crippen molar-refractivity contribution >= 4 is 28.5 Å². The maximum Gasteiger partial charge on any atom is 0.323 e. The van der Waals surface area contributed by atoms with Crippen molar-refractivity contribution in [2.75, 3.05) is 18.9 Å². The second-order valence-electron chi connectivity index (χ2n) is 4.95. The number of rotatable bonds is 7. The Hall–Kier alpha value is -1.70. The summed E-state index contributed by atoms with van der Waals surface area (Å²) in [5.74, 6) is -0.369. The molecular weight excluding hydrogens is 280 g/mol. The molecule has 0 unspecified atom stereocenters. The van der Waals surface area contributed by atoms with E-state index in [9.17, 15) is 9.59 Å². The van der Waals surface area contributed by atoms with Crippen LogP contribution in [0.25, 0.3) is 0 Å². The number of hydrogen-bond donors (Lipinski definition) is 2. The number of anilines is 1. The van der Waals surface area contributed by atoms with E-state index in [1.54, 1.807) is 7.05 Å². The summed E-state index contributed by atoms with van der Waals surface area (Å²) >= 11 is 1.36. The van der Waals surface area contributed by atoms with Crippen LogP contribution in [0.5, 0.6) is 0 Å². The van der Waals surface area contributed by atoms with Crippen molar-refractivity contribution in [2.24, 2.45) is 5.92 Å². The Morgan fingerprint density at radius 1 is 1.40 bits per heavy atom. The lowest BCUT2D eigenvalue weighted by atomic mass is 10.1. The molecule has 8 heteroatoms. The van der Waals surface area contributed by atoms with Crippen LogP contribution in [0.1, 0.15) is 31.7 Å². The van der Waals surface area contributed by atoms with E-state index in [0.29, 0.717) is 24.0 Å². The van der Waals surface area contributed by atoms with E-state index in [2.05, 4.69) is 29.4 Å². The summed E-state index contributed by atoms with van der Waals surface area (Å²) in [7, 11) is 1.62. The van der Waals surface area contributed by atoms with Gasteiger partial charge in [-0.25, -0.2) is 4.79 Å². The molecule has 20 heavy (non-hydrogen) atoms. The lowest BCUT2D eigenvalue weighted by Gasteiger charge is -2.15. The number of carbonyl (C=O) groups excluding carboxylic acids is 1. The molecule has 0 aliphatic rings. The second kappa shape index (κ2) is 7.78. The fourth-order valence-electron chi connectivity index (χ4n) is 1.49. The van der Waals surface area contributed by atoms with Crippen molar-refractivity contribution in [3.63, 3.8) is 0 Å². The number of hydrogen-bond acceptors (Lipinski definition) is 5. The predicted molar refractivity (Wildman–Crippen MR) is 77.0 cm³/mol. The number of urea groups is 1. The number of aromatic nitrogens is 2. The molecule has 0 aliphatic carbocycles. The number of carbonyl (C=O) groups is 2. The highest BCUT2D eigenvalue weighted by Crippen LogP contribution is 2.18. The van der Waals surface area contributed by atoms with Crippen LogP contribution in [0, 0.1) is 5.92 Å². The van der Waals surface area contributed by atoms with Crippen LogP contribution in [0.3, 0.4) is 0 Å². The minimum Gasteiger partial charge on any atom is -0.481 e. The molecule has 1 aromatic heterocycles. The molecule has 2 amide bonds. The third-order valence-electron chi connectivity index (χ3n) is 2.49. The first kappa shape index (κ1) is 16.4. The highest BCUT2D eigenvalue weighted by molar-refractivity contribution is 7.15. The topological polar surface area (TPSA) is 95.4 Å². The van der Waals surface area contributed by atoms with Gasteiger partial charge < -0.3 is 10.0 Å². The summed E-state index contributed by atoms with van der Waals surface area (Å²) in [6.45, 7) is 4.57. The van der Waals surface area contributed by atoms with Gasteiger partial charge in [0.1, 0.15) is 5.01 Å². The molecule has 0 saturated carbocycles. The molecule has 2 N–H and O–H groups in total. The van der Waals surface area contributed by atoms with Gasteiger partial charge in [-0.3, -0.25) is 10.1 Å². The van der Waals surface area contributed by atoms with E-state index in [4.69, 9.17) is 5.11 Å². The average Bonchev–Trinajstić information content (AvgIpc) is 2.74. The molecule has 0 spiro atoms. The molecule has 0 aliphatic heterocycles. The lowest BCUT2D eigenvalue weighted by molar-refractivity contribution is -0.137. The third-order valence-corrected chi connectivity index (χ3v) is 3.36. The van der Waals surface area contributed by atoms with E-state index in [-0.39, 0.29) is 12.5 Å². The van der Waals surface area contributed by atoms with E-state index >= 15 is 0 Å². The summed E-state index contributed by atoms with van der Waals surface area (Å²) in [6.07, 6.45) is 1.31. The van der Waals surface area contributed by atoms with Gasteiger partial charge in [0, 0.05) is 26.4 Å². The molecule has 0 radical (unpaired) electrons. The SMILES string of the molecule is CC(C)Cc1nnc(NC(=O)N(C)CCCC(=O)O)s1. The second-order valence-corrected chi connectivity index (χ2v) is 6.01. The first-order valence-corrected chi connectivity index (χ1v) is 7.26. The van der Waals surface area contributed by atoms with Crippen molar-refractivity contribution in [1.82, 2.24) is 15.1 Å². The number of carboxylic acid groups (broad SMARTS) is 1. The molecule has 0 aromatic carbocycles. The van der Waals surface area contributed by atoms with Crippen molar-refractivity contribution in [1.29, 1.82) is 0 Å². The van der Waals surface area contributed by atoms with E-state index in [0.717, 1.165) is 11.4 Å². The Labute approximate surface area is 122 Å². The monoisotopic (exact) mass is 300 g/mol. The van der Waals surface area contributed by atoms with Crippen LogP contribution >= 0.6 is 11.3 Å². The number of nitrogens with one attached hydrogen (secondary N) is 1. The molecule has 0 fully saturated rings. The van der Waals surface area contributed by atoms with Crippen molar-refractivity contribution in [2.45, 2.75) is 33.1 Å². The van der Waals surface area contributed by atoms with Gasteiger partial charge in [-0.1, -0.05) is 25.2 Å². The minimum absolute atomic E-state index is 0.0506. The van der Waals surface area contributed by atoms with Gasteiger partial charge >= 0.3 is 12.0 Å². The Morgan fingerprint density at radius 2 is 2.10 bits per heavy atom. The van der Waals surface area contributed by atoms with Gasteiger partial charge in [0.05, 0.1) is 0 Å². The van der Waals surface area contributed by atoms with Crippen molar-refractivity contribution in [3.05, 3.63) is 5.01 Å². The van der Waals surface area contributed by atoms with Crippen LogP contribution in [0.2, 0.25) is 0 Å². The molecule has 1 rings (SSSR count). The van der Waals surface area contributed by atoms with Gasteiger partial charge in [-0.2, -0.15) is 0 Å². The maximum atomic E-state index is 11.8. The first-order chi connectivity index (χ1) is 9.38. The molecule has 112 valence electrons. The lowest BCUT2D eigenvalue weighted by Crippen LogP contribution is -2.32. The molecular formula is C12H20N4O3S. The minimum atomic E-state index is -0.860. The molecule has 0 bridgehead atoms. The number of nitrogens with zero attached hydrogens (tertiary/aromatic N) is 3. The van der Waals surface area contributed by atoms with Gasteiger partial charge in [0.15, 0.2) is 0 Å². The molecule has 0 saturated heterocycles. The molecule has 1 heterocycles. The fourth-order valence-corrected chi connectivity index (χ4v) is 2.43. The van der Waals surface area contributed by atoms with Gasteiger partial charge in [0.25, 0.3) is 0 Å². The molecule has 0 atom stereocenters. The Kier molecular flexibility index (Phi) is 6.37. The summed E-state index contributed by atoms with van der Waals surface area (Å²) < 4.78 is 0. The average molecular weight is 300 g/mol. The smallest absolute Gasteiger partial charge is 0.323 e. The zero-order chi connectivity index (χ0) is 15.1. The fraction of sp³-hybridized carbons (Fsp3) is 0.667. The first-order valence-electron chi connectivity index (χ1n) is 6.44. The van der Waals surface area contributed by atoms with E-state index in [1.807, 2.05) is 0 Å². The largest absolute Gasteiger partial charge is 0.481 e.